The van der Waals surface area contributed by atoms with Gasteiger partial charge in [-0.2, -0.15) is 0 Å². The molecular weight excluding hydrogens is 430 g/mol. The Morgan fingerprint density at radius 2 is 1.86 bits per heavy atom. The normalized spacial score (nSPS) is 22.6. The molecule has 3 aliphatic rings. The Balaban J connectivity index is 1.78. The van der Waals surface area contributed by atoms with Crippen molar-refractivity contribution in [2.24, 2.45) is 0 Å². The Labute approximate surface area is 211 Å². The van der Waals surface area contributed by atoms with Crippen LogP contribution in [0.5, 0.6) is 0 Å². The van der Waals surface area contributed by atoms with Crippen molar-refractivity contribution in [2.45, 2.75) is 96.0 Å². The molecule has 1 aromatic rings. The molecule has 0 N–H and O–H groups in total. The first-order valence-corrected chi connectivity index (χ1v) is 13.0. The van der Waals surface area contributed by atoms with Crippen LogP contribution in [0.3, 0.4) is 0 Å². The number of benzene rings is 1. The van der Waals surface area contributed by atoms with E-state index >= 15 is 0 Å². The summed E-state index contributed by atoms with van der Waals surface area (Å²) in [7, 11) is 2.21. The number of rotatable bonds is 2. The van der Waals surface area contributed by atoms with Crippen LogP contribution in [0.25, 0.3) is 10.9 Å². The average Bonchev–Trinajstić information content (AvgIpc) is 2.80. The molecule has 1 saturated carbocycles. The molecule has 0 saturated heterocycles. The van der Waals surface area contributed by atoms with Gasteiger partial charge in [-0.1, -0.05) is 47.1 Å². The minimum absolute atomic E-state index is 0.0234. The van der Waals surface area contributed by atoms with Crippen LogP contribution in [0, 0.1) is 17.9 Å². The van der Waals surface area contributed by atoms with Gasteiger partial charge in [0, 0.05) is 25.7 Å². The molecule has 1 spiro atoms. The molecule has 0 unspecified atom stereocenters. The number of anilines is 1. The summed E-state index contributed by atoms with van der Waals surface area (Å²) in [4.78, 5) is 5.93. The van der Waals surface area contributed by atoms with Gasteiger partial charge in [-0.25, -0.2) is 10.1 Å². The predicted molar refractivity (Wildman–Crippen MR) is 144 cm³/mol. The molecule has 35 heavy (non-hydrogen) atoms. The molecule has 1 aromatic carbocycles. The molecular formula is C31H39N3O. The summed E-state index contributed by atoms with van der Waals surface area (Å²) in [6, 6.07) is 6.77. The van der Waals surface area contributed by atoms with Crippen LogP contribution in [0.4, 0.5) is 5.69 Å². The second-order valence-electron chi connectivity index (χ2n) is 12.3. The van der Waals surface area contributed by atoms with Crippen LogP contribution in [0.1, 0.15) is 96.3 Å². The summed E-state index contributed by atoms with van der Waals surface area (Å²) in [6.45, 7) is 20.1. The van der Waals surface area contributed by atoms with Gasteiger partial charge in [0.25, 0.3) is 5.70 Å². The summed E-state index contributed by atoms with van der Waals surface area (Å²) in [6.07, 6.45) is 13.3. The quantitative estimate of drug-likeness (QED) is 0.327. The Hall–Kier alpha value is -2.98. The molecule has 0 bridgehead atoms. The van der Waals surface area contributed by atoms with Crippen molar-refractivity contribution in [3.05, 3.63) is 69.4 Å². The Kier molecular flexibility index (Phi) is 6.63. The molecule has 0 radical (unpaired) electrons. The lowest BCUT2D eigenvalue weighted by Gasteiger charge is -2.42. The number of allylic oxidation sites excluding steroid dienone is 3. The van der Waals surface area contributed by atoms with Crippen molar-refractivity contribution in [1.29, 1.82) is 5.26 Å². The molecule has 2 heterocycles. The lowest BCUT2D eigenvalue weighted by molar-refractivity contribution is -0.0285. The van der Waals surface area contributed by atoms with E-state index in [1.165, 1.54) is 28.8 Å². The van der Waals surface area contributed by atoms with Gasteiger partial charge in [0.05, 0.1) is 12.6 Å². The van der Waals surface area contributed by atoms with Crippen LogP contribution < -0.4 is 4.90 Å². The SMILES string of the molecule is [C-]#[N+]C(C#N)=C1C=C(C=Cc2cc(C(C)(C)C)c3c(c2)C(C)(C)CCN3C)OC2(CCCCC2)C1. The first-order valence-electron chi connectivity index (χ1n) is 13.0. The smallest absolute Gasteiger partial charge is 0.265 e. The third kappa shape index (κ3) is 5.04. The van der Waals surface area contributed by atoms with E-state index in [1.54, 1.807) is 0 Å². The van der Waals surface area contributed by atoms with E-state index in [1.807, 2.05) is 12.2 Å². The van der Waals surface area contributed by atoms with Crippen molar-refractivity contribution < 1.29 is 4.74 Å². The first kappa shape index (κ1) is 25.1. The number of nitriles is 1. The zero-order valence-electron chi connectivity index (χ0n) is 22.3. The molecule has 184 valence electrons. The van der Waals surface area contributed by atoms with Gasteiger partial charge in [-0.15, -0.1) is 0 Å². The molecule has 1 aliphatic carbocycles. The second-order valence-corrected chi connectivity index (χ2v) is 12.3. The summed E-state index contributed by atoms with van der Waals surface area (Å²) in [5.74, 6) is 0.760. The Bertz CT molecular complexity index is 1140. The van der Waals surface area contributed by atoms with E-state index < -0.39 is 0 Å². The maximum atomic E-state index is 9.54. The third-order valence-electron chi connectivity index (χ3n) is 8.01. The van der Waals surface area contributed by atoms with Crippen molar-refractivity contribution >= 4 is 11.8 Å². The van der Waals surface area contributed by atoms with Crippen LogP contribution in [-0.4, -0.2) is 19.2 Å². The van der Waals surface area contributed by atoms with Gasteiger partial charge in [0.15, 0.2) is 0 Å². The zero-order valence-corrected chi connectivity index (χ0v) is 22.3. The number of fused-ring (bicyclic) bond motifs is 1. The van der Waals surface area contributed by atoms with Crippen molar-refractivity contribution in [2.75, 3.05) is 18.5 Å². The van der Waals surface area contributed by atoms with E-state index in [4.69, 9.17) is 11.3 Å². The lowest BCUT2D eigenvalue weighted by Crippen LogP contribution is -2.37. The van der Waals surface area contributed by atoms with E-state index in [9.17, 15) is 5.26 Å². The van der Waals surface area contributed by atoms with E-state index in [-0.39, 0.29) is 22.1 Å². The molecule has 1 fully saturated rings. The molecule has 4 rings (SSSR count). The number of hydrogen-bond acceptors (Lipinski definition) is 3. The third-order valence-corrected chi connectivity index (χ3v) is 8.01. The van der Waals surface area contributed by atoms with Crippen LogP contribution in [0.2, 0.25) is 0 Å². The van der Waals surface area contributed by atoms with Gasteiger partial charge in [-0.05, 0) is 89.5 Å². The maximum Gasteiger partial charge on any atom is 0.265 e. The van der Waals surface area contributed by atoms with Crippen molar-refractivity contribution in [3.63, 3.8) is 0 Å². The van der Waals surface area contributed by atoms with Gasteiger partial charge in [0.1, 0.15) is 11.4 Å². The highest BCUT2D eigenvalue weighted by Gasteiger charge is 2.38. The zero-order chi connectivity index (χ0) is 25.4. The van der Waals surface area contributed by atoms with Gasteiger partial charge in [0.2, 0.25) is 0 Å². The van der Waals surface area contributed by atoms with Gasteiger partial charge >= 0.3 is 0 Å². The highest BCUT2D eigenvalue weighted by Crippen LogP contribution is 2.46. The fraction of sp³-hybridized carbons (Fsp3) is 0.548. The molecule has 2 aliphatic heterocycles. The van der Waals surface area contributed by atoms with E-state index in [0.717, 1.165) is 50.0 Å². The van der Waals surface area contributed by atoms with E-state index in [2.05, 4.69) is 75.7 Å². The molecule has 0 aromatic heterocycles. The molecule has 4 nitrogen and oxygen atoms in total. The second kappa shape index (κ2) is 9.23. The Morgan fingerprint density at radius 3 is 2.49 bits per heavy atom. The van der Waals surface area contributed by atoms with Crippen molar-refractivity contribution in [1.82, 2.24) is 0 Å². The van der Waals surface area contributed by atoms with Gasteiger partial charge < -0.3 is 9.64 Å². The Morgan fingerprint density at radius 1 is 1.14 bits per heavy atom. The minimum atomic E-state index is -0.286. The molecule has 0 atom stereocenters. The van der Waals surface area contributed by atoms with Crippen LogP contribution in [-0.2, 0) is 15.6 Å². The van der Waals surface area contributed by atoms with Gasteiger partial charge in [-0.3, -0.25) is 0 Å². The molecule has 0 amide bonds. The number of hydrogen-bond donors (Lipinski definition) is 0. The largest absolute Gasteiger partial charge is 0.487 e. The molecule has 4 heteroatoms. The number of ether oxygens (including phenoxy) is 1. The maximum absolute atomic E-state index is 9.54. The topological polar surface area (TPSA) is 40.6 Å². The lowest BCUT2D eigenvalue weighted by atomic mass is 9.73. The first-order chi connectivity index (χ1) is 16.5. The predicted octanol–water partition coefficient (Wildman–Crippen LogP) is 7.82. The monoisotopic (exact) mass is 469 g/mol. The fourth-order valence-electron chi connectivity index (χ4n) is 5.89. The highest BCUT2D eigenvalue weighted by atomic mass is 16.5. The average molecular weight is 470 g/mol. The van der Waals surface area contributed by atoms with E-state index in [0.29, 0.717) is 6.42 Å². The fourth-order valence-corrected chi connectivity index (χ4v) is 5.89. The highest BCUT2D eigenvalue weighted by molar-refractivity contribution is 5.70. The van der Waals surface area contributed by atoms with Crippen LogP contribution in [0.15, 0.2) is 41.3 Å². The summed E-state index contributed by atoms with van der Waals surface area (Å²) in [5, 5.41) is 9.54. The summed E-state index contributed by atoms with van der Waals surface area (Å²) < 4.78 is 6.59. The number of nitrogens with zero attached hydrogens (tertiary/aromatic N) is 3. The van der Waals surface area contributed by atoms with Crippen molar-refractivity contribution in [3.8, 4) is 6.07 Å². The summed E-state index contributed by atoms with van der Waals surface area (Å²) in [5.41, 5.74) is 6.18. The summed E-state index contributed by atoms with van der Waals surface area (Å²) >= 11 is 0. The minimum Gasteiger partial charge on any atom is -0.487 e. The standard InChI is InChI=1S/C31H39N3O/c1-29(2,3)25-17-22(18-26-28(25)34(7)16-15-30(26,4)5)11-12-24-19-23(27(21-32)33-6)20-31(35-24)13-9-8-10-14-31/h11-12,17-19H,8-10,13-16,20H2,1-5,7H3. The van der Waals surface area contributed by atoms with Crippen LogP contribution >= 0.6 is 0 Å².